The minimum atomic E-state index is -0.614. The molecule has 2 aromatic carbocycles. The molecule has 1 heterocycles. The molecule has 3 aromatic rings. The quantitative estimate of drug-likeness (QED) is 0.477. The zero-order valence-corrected chi connectivity index (χ0v) is 16.3. The Labute approximate surface area is 172 Å². The summed E-state index contributed by atoms with van der Waals surface area (Å²) in [4.78, 5) is 25.2. The average Bonchev–Trinajstić information content (AvgIpc) is 3.30. The van der Waals surface area contributed by atoms with Gasteiger partial charge in [0.15, 0.2) is 6.61 Å². The fraction of sp³-hybridized carbons (Fsp3) is 0.0870. The summed E-state index contributed by atoms with van der Waals surface area (Å²) in [6.07, 6.45) is 2.82. The zero-order chi connectivity index (χ0) is 20.5. The molecular formula is C23H18N2O3S. The minimum absolute atomic E-state index is 0.295. The van der Waals surface area contributed by atoms with E-state index in [0.717, 1.165) is 16.0 Å². The molecule has 1 atom stereocenters. The number of nitrogens with zero attached hydrogens (tertiary/aromatic N) is 1. The lowest BCUT2D eigenvalue weighted by Crippen LogP contribution is -2.32. The number of carbonyl (C=O) groups is 2. The van der Waals surface area contributed by atoms with E-state index in [9.17, 15) is 9.59 Å². The summed E-state index contributed by atoms with van der Waals surface area (Å²) >= 11 is 1.55. The average molecular weight is 402 g/mol. The maximum Gasteiger partial charge on any atom is 0.331 e. The van der Waals surface area contributed by atoms with Crippen LogP contribution in [-0.4, -0.2) is 18.5 Å². The van der Waals surface area contributed by atoms with E-state index in [1.165, 1.54) is 6.08 Å². The molecule has 0 unspecified atom stereocenters. The summed E-state index contributed by atoms with van der Waals surface area (Å²) in [5.74, 6) is -0.996. The molecule has 0 aliphatic heterocycles. The largest absolute Gasteiger partial charge is 0.452 e. The Morgan fingerprint density at radius 2 is 1.83 bits per heavy atom. The van der Waals surface area contributed by atoms with Crippen LogP contribution in [0.1, 0.15) is 27.6 Å². The molecule has 0 saturated carbocycles. The van der Waals surface area contributed by atoms with Crippen molar-refractivity contribution in [1.82, 2.24) is 5.32 Å². The molecule has 3 rings (SSSR count). The van der Waals surface area contributed by atoms with E-state index in [1.54, 1.807) is 41.7 Å². The van der Waals surface area contributed by atoms with Crippen LogP contribution in [0.2, 0.25) is 0 Å². The van der Waals surface area contributed by atoms with Crippen LogP contribution in [0.5, 0.6) is 0 Å². The van der Waals surface area contributed by atoms with Gasteiger partial charge in [-0.3, -0.25) is 4.79 Å². The van der Waals surface area contributed by atoms with Crippen LogP contribution in [-0.2, 0) is 14.3 Å². The van der Waals surface area contributed by atoms with Gasteiger partial charge in [-0.05, 0) is 40.8 Å². The third-order valence-corrected chi connectivity index (χ3v) is 5.00. The highest BCUT2D eigenvalue weighted by Crippen LogP contribution is 2.25. The Balaban J connectivity index is 1.55. The number of nitriles is 1. The van der Waals surface area contributed by atoms with E-state index < -0.39 is 5.97 Å². The highest BCUT2D eigenvalue weighted by Gasteiger charge is 2.18. The zero-order valence-electron chi connectivity index (χ0n) is 15.4. The van der Waals surface area contributed by atoms with Crippen LogP contribution in [0, 0.1) is 11.3 Å². The first-order valence-corrected chi connectivity index (χ1v) is 9.76. The molecule has 6 heteroatoms. The predicted octanol–water partition coefficient (Wildman–Crippen LogP) is 4.08. The second-order valence-corrected chi connectivity index (χ2v) is 7.08. The molecule has 1 N–H and O–H groups in total. The smallest absolute Gasteiger partial charge is 0.331 e. The Kier molecular flexibility index (Phi) is 6.93. The monoisotopic (exact) mass is 402 g/mol. The fourth-order valence-electron chi connectivity index (χ4n) is 2.64. The summed E-state index contributed by atoms with van der Waals surface area (Å²) in [6.45, 7) is -0.370. The molecule has 0 saturated heterocycles. The van der Waals surface area contributed by atoms with Gasteiger partial charge in [0.1, 0.15) is 0 Å². The fourth-order valence-corrected chi connectivity index (χ4v) is 3.44. The summed E-state index contributed by atoms with van der Waals surface area (Å²) in [5.41, 5.74) is 2.25. The number of carbonyl (C=O) groups excluding carboxylic acids is 2. The molecule has 0 fully saturated rings. The second-order valence-electron chi connectivity index (χ2n) is 6.10. The lowest BCUT2D eigenvalue weighted by Gasteiger charge is -2.18. The molecular weight excluding hydrogens is 384 g/mol. The number of esters is 1. The Hall–Kier alpha value is -3.69. The maximum atomic E-state index is 12.3. The van der Waals surface area contributed by atoms with Gasteiger partial charge in [-0.15, -0.1) is 11.3 Å². The van der Waals surface area contributed by atoms with Crippen LogP contribution in [0.15, 0.2) is 78.2 Å². The minimum Gasteiger partial charge on any atom is -0.452 e. The summed E-state index contributed by atoms with van der Waals surface area (Å²) < 4.78 is 5.04. The van der Waals surface area contributed by atoms with E-state index in [-0.39, 0.29) is 18.6 Å². The first kappa shape index (κ1) is 20.1. The first-order chi connectivity index (χ1) is 14.2. The predicted molar refractivity (Wildman–Crippen MR) is 112 cm³/mol. The van der Waals surface area contributed by atoms with Crippen LogP contribution >= 0.6 is 11.3 Å². The standard InChI is InChI=1S/C23H18N2O3S/c24-15-18-10-8-17(9-11-18)12-13-22(27)28-16-21(26)25-23(20-7-4-14-29-20)19-5-2-1-3-6-19/h1-14,23H,16H2,(H,25,26)/b13-12+/t23-/m0/s1. The van der Waals surface area contributed by atoms with Crippen molar-refractivity contribution >= 4 is 29.3 Å². The van der Waals surface area contributed by atoms with Crippen LogP contribution in [0.25, 0.3) is 6.08 Å². The first-order valence-electron chi connectivity index (χ1n) is 8.88. The van der Waals surface area contributed by atoms with Crippen LogP contribution in [0.4, 0.5) is 0 Å². The maximum absolute atomic E-state index is 12.3. The van der Waals surface area contributed by atoms with Crippen molar-refractivity contribution in [3.8, 4) is 6.07 Å². The van der Waals surface area contributed by atoms with Gasteiger partial charge in [-0.2, -0.15) is 5.26 Å². The van der Waals surface area contributed by atoms with Crippen molar-refractivity contribution in [2.24, 2.45) is 0 Å². The van der Waals surface area contributed by atoms with Gasteiger partial charge in [0.25, 0.3) is 5.91 Å². The molecule has 0 aliphatic rings. The lowest BCUT2D eigenvalue weighted by molar-refractivity contribution is -0.143. The number of amides is 1. The number of hydrogen-bond donors (Lipinski definition) is 1. The number of thiophene rings is 1. The van der Waals surface area contributed by atoms with Gasteiger partial charge in [-0.25, -0.2) is 4.79 Å². The van der Waals surface area contributed by atoms with Crippen molar-refractivity contribution < 1.29 is 14.3 Å². The van der Waals surface area contributed by atoms with Gasteiger partial charge < -0.3 is 10.1 Å². The van der Waals surface area contributed by atoms with Gasteiger partial charge in [0, 0.05) is 11.0 Å². The molecule has 29 heavy (non-hydrogen) atoms. The molecule has 0 radical (unpaired) electrons. The third kappa shape index (κ3) is 5.89. The molecule has 144 valence electrons. The van der Waals surface area contributed by atoms with E-state index in [0.29, 0.717) is 5.56 Å². The third-order valence-electron chi connectivity index (χ3n) is 4.06. The Morgan fingerprint density at radius 1 is 1.07 bits per heavy atom. The van der Waals surface area contributed by atoms with Gasteiger partial charge >= 0.3 is 5.97 Å². The van der Waals surface area contributed by atoms with Crippen LogP contribution in [0.3, 0.4) is 0 Å². The highest BCUT2D eigenvalue weighted by molar-refractivity contribution is 7.10. The van der Waals surface area contributed by atoms with Crippen molar-refractivity contribution in [3.63, 3.8) is 0 Å². The SMILES string of the molecule is N#Cc1ccc(/C=C/C(=O)OCC(=O)N[C@@H](c2ccccc2)c2cccs2)cc1. The topological polar surface area (TPSA) is 79.2 Å². The number of benzene rings is 2. The van der Waals surface area contributed by atoms with Gasteiger partial charge in [0.05, 0.1) is 17.7 Å². The van der Waals surface area contributed by atoms with Crippen molar-refractivity contribution in [1.29, 1.82) is 5.26 Å². The second kappa shape index (κ2) is 10.0. The van der Waals surface area contributed by atoms with E-state index in [4.69, 9.17) is 10.00 Å². The Bertz CT molecular complexity index is 1020. The van der Waals surface area contributed by atoms with Gasteiger partial charge in [-0.1, -0.05) is 48.5 Å². The highest BCUT2D eigenvalue weighted by atomic mass is 32.1. The normalized spacial score (nSPS) is 11.6. The van der Waals surface area contributed by atoms with Crippen molar-refractivity contribution in [2.75, 3.05) is 6.61 Å². The van der Waals surface area contributed by atoms with E-state index in [1.807, 2.05) is 53.9 Å². The summed E-state index contributed by atoms with van der Waals surface area (Å²) in [5, 5.41) is 13.7. The molecule has 0 bridgehead atoms. The molecule has 1 aromatic heterocycles. The molecule has 0 aliphatic carbocycles. The van der Waals surface area contributed by atoms with Crippen LogP contribution < -0.4 is 5.32 Å². The van der Waals surface area contributed by atoms with Crippen molar-refractivity contribution in [3.05, 3.63) is 99.8 Å². The Morgan fingerprint density at radius 3 is 2.48 bits per heavy atom. The summed E-state index contributed by atoms with van der Waals surface area (Å²) in [6, 6.07) is 22.0. The van der Waals surface area contributed by atoms with E-state index >= 15 is 0 Å². The number of rotatable bonds is 7. The molecule has 0 spiro atoms. The lowest BCUT2D eigenvalue weighted by atomic mass is 10.1. The van der Waals surface area contributed by atoms with Gasteiger partial charge in [0.2, 0.25) is 0 Å². The summed E-state index contributed by atoms with van der Waals surface area (Å²) in [7, 11) is 0. The molecule has 5 nitrogen and oxygen atoms in total. The van der Waals surface area contributed by atoms with E-state index in [2.05, 4.69) is 5.32 Å². The number of nitrogens with one attached hydrogen (secondary N) is 1. The molecule has 1 amide bonds. The number of ether oxygens (including phenoxy) is 1. The van der Waals surface area contributed by atoms with Crippen molar-refractivity contribution in [2.45, 2.75) is 6.04 Å². The number of hydrogen-bond acceptors (Lipinski definition) is 5.